The minimum Gasteiger partial charge on any atom is -0.463 e. The first-order valence-electron chi connectivity index (χ1n) is 4.39. The number of carbonyl (C=O) groups is 2. The van der Waals surface area contributed by atoms with Gasteiger partial charge in [0.05, 0.1) is 6.61 Å². The maximum absolute atomic E-state index is 11.4. The number of nitrogens with zero attached hydrogens (tertiary/aromatic N) is 1. The molecular formula is C9H14N2O3. The van der Waals surface area contributed by atoms with Crippen molar-refractivity contribution in [2.24, 2.45) is 0 Å². The Morgan fingerprint density at radius 3 is 2.36 bits per heavy atom. The van der Waals surface area contributed by atoms with Gasteiger partial charge >= 0.3 is 5.97 Å². The Bertz CT molecular complexity index is 270. The van der Waals surface area contributed by atoms with E-state index in [1.807, 2.05) is 0 Å². The summed E-state index contributed by atoms with van der Waals surface area (Å²) in [5, 5.41) is 11.2. The molecule has 0 bridgehead atoms. The van der Waals surface area contributed by atoms with E-state index in [2.05, 4.69) is 5.32 Å². The topological polar surface area (TPSA) is 79.2 Å². The van der Waals surface area contributed by atoms with E-state index in [1.54, 1.807) is 19.9 Å². The van der Waals surface area contributed by atoms with Gasteiger partial charge in [-0.05, 0) is 13.3 Å². The first-order chi connectivity index (χ1) is 6.52. The van der Waals surface area contributed by atoms with Gasteiger partial charge in [-0.3, -0.25) is 4.79 Å². The molecule has 0 fully saturated rings. The Hall–Kier alpha value is -1.57. The average molecular weight is 198 g/mol. The van der Waals surface area contributed by atoms with Crippen LogP contribution in [-0.2, 0) is 14.3 Å². The molecule has 0 aliphatic heterocycles. The number of rotatable bonds is 4. The van der Waals surface area contributed by atoms with E-state index in [4.69, 9.17) is 10.00 Å². The average Bonchev–Trinajstić information content (AvgIpc) is 2.14. The molecule has 0 aromatic heterocycles. The van der Waals surface area contributed by atoms with Gasteiger partial charge < -0.3 is 10.1 Å². The molecule has 1 atom stereocenters. The summed E-state index contributed by atoms with van der Waals surface area (Å²) in [7, 11) is 0. The Morgan fingerprint density at radius 1 is 1.50 bits per heavy atom. The number of carbonyl (C=O) groups excluding carboxylic acids is 2. The molecule has 0 aliphatic carbocycles. The van der Waals surface area contributed by atoms with Gasteiger partial charge in [0.15, 0.2) is 0 Å². The van der Waals surface area contributed by atoms with Crippen molar-refractivity contribution in [1.82, 2.24) is 5.32 Å². The highest BCUT2D eigenvalue weighted by molar-refractivity contribution is 5.90. The molecule has 0 heterocycles. The van der Waals surface area contributed by atoms with Crippen molar-refractivity contribution in [2.75, 3.05) is 6.61 Å². The van der Waals surface area contributed by atoms with Crippen molar-refractivity contribution in [1.29, 1.82) is 5.26 Å². The zero-order valence-electron chi connectivity index (χ0n) is 8.59. The molecule has 0 radical (unpaired) electrons. The summed E-state index contributed by atoms with van der Waals surface area (Å²) >= 11 is 0. The summed E-state index contributed by atoms with van der Waals surface area (Å²) in [6, 6.07) is 1.77. The summed E-state index contributed by atoms with van der Waals surface area (Å²) in [5.41, 5.74) is -1.54. The molecular weight excluding hydrogens is 184 g/mol. The van der Waals surface area contributed by atoms with Crippen LogP contribution in [0.25, 0.3) is 0 Å². The largest absolute Gasteiger partial charge is 0.463 e. The van der Waals surface area contributed by atoms with Crippen LogP contribution in [0, 0.1) is 11.3 Å². The summed E-state index contributed by atoms with van der Waals surface area (Å²) in [4.78, 5) is 22.2. The lowest BCUT2D eigenvalue weighted by molar-refractivity contribution is -0.150. The van der Waals surface area contributed by atoms with E-state index in [0.29, 0.717) is 0 Å². The molecule has 1 unspecified atom stereocenters. The zero-order valence-corrected chi connectivity index (χ0v) is 8.59. The fraction of sp³-hybridized carbons (Fsp3) is 0.667. The molecule has 0 aliphatic rings. The lowest BCUT2D eigenvalue weighted by atomic mass is 9.98. The van der Waals surface area contributed by atoms with E-state index in [1.165, 1.54) is 6.92 Å². The first kappa shape index (κ1) is 12.4. The van der Waals surface area contributed by atoms with E-state index in [9.17, 15) is 9.59 Å². The molecule has 0 aromatic carbocycles. The maximum Gasteiger partial charge on any atom is 0.346 e. The standard InChI is InChI=1S/C9H14N2O3/c1-4-9(6-10,11-7(3)12)8(13)14-5-2/h4-5H2,1-3H3,(H,11,12). The van der Waals surface area contributed by atoms with Crippen LogP contribution in [0.4, 0.5) is 0 Å². The predicted octanol–water partition coefficient (Wildman–Crippen LogP) is 0.358. The number of amides is 1. The van der Waals surface area contributed by atoms with Crippen LogP contribution in [-0.4, -0.2) is 24.0 Å². The molecule has 0 saturated carbocycles. The molecule has 0 aromatic rings. The van der Waals surface area contributed by atoms with Crippen LogP contribution in [0.3, 0.4) is 0 Å². The van der Waals surface area contributed by atoms with Gasteiger partial charge in [-0.25, -0.2) is 4.79 Å². The molecule has 1 amide bonds. The van der Waals surface area contributed by atoms with Gasteiger partial charge in [0, 0.05) is 6.92 Å². The Kier molecular flexibility index (Phi) is 4.64. The number of nitriles is 1. The van der Waals surface area contributed by atoms with Gasteiger partial charge in [0.2, 0.25) is 11.4 Å². The second-order valence-corrected chi connectivity index (χ2v) is 2.77. The lowest BCUT2D eigenvalue weighted by Crippen LogP contribution is -2.53. The fourth-order valence-electron chi connectivity index (χ4n) is 0.991. The lowest BCUT2D eigenvalue weighted by Gasteiger charge is -2.23. The van der Waals surface area contributed by atoms with Gasteiger partial charge in [0.25, 0.3) is 0 Å². The summed E-state index contributed by atoms with van der Waals surface area (Å²) in [6.07, 6.45) is 0.182. The third kappa shape index (κ3) is 2.73. The monoisotopic (exact) mass is 198 g/mol. The van der Waals surface area contributed by atoms with Crippen LogP contribution in [0.2, 0.25) is 0 Å². The zero-order chi connectivity index (χ0) is 11.2. The highest BCUT2D eigenvalue weighted by atomic mass is 16.5. The van der Waals surface area contributed by atoms with Crippen molar-refractivity contribution < 1.29 is 14.3 Å². The molecule has 0 spiro atoms. The molecule has 78 valence electrons. The van der Waals surface area contributed by atoms with E-state index < -0.39 is 17.4 Å². The second kappa shape index (κ2) is 5.22. The maximum atomic E-state index is 11.4. The van der Waals surface area contributed by atoms with Crippen LogP contribution in [0.1, 0.15) is 27.2 Å². The molecule has 1 N–H and O–H groups in total. The minimum absolute atomic E-state index is 0.182. The second-order valence-electron chi connectivity index (χ2n) is 2.77. The normalized spacial score (nSPS) is 13.6. The van der Waals surface area contributed by atoms with Gasteiger partial charge in [-0.1, -0.05) is 6.92 Å². The molecule has 0 rings (SSSR count). The van der Waals surface area contributed by atoms with Crippen LogP contribution < -0.4 is 5.32 Å². The molecule has 5 heteroatoms. The van der Waals surface area contributed by atoms with Crippen molar-refractivity contribution >= 4 is 11.9 Å². The van der Waals surface area contributed by atoms with E-state index >= 15 is 0 Å². The van der Waals surface area contributed by atoms with Crippen molar-refractivity contribution in [3.05, 3.63) is 0 Å². The third-order valence-electron chi connectivity index (χ3n) is 1.73. The van der Waals surface area contributed by atoms with Gasteiger partial charge in [-0.15, -0.1) is 0 Å². The fourth-order valence-corrected chi connectivity index (χ4v) is 0.991. The molecule has 0 saturated heterocycles. The Morgan fingerprint density at radius 2 is 2.07 bits per heavy atom. The molecule has 5 nitrogen and oxygen atoms in total. The van der Waals surface area contributed by atoms with Gasteiger partial charge in [0.1, 0.15) is 6.07 Å². The van der Waals surface area contributed by atoms with Crippen molar-refractivity contribution in [2.45, 2.75) is 32.7 Å². The first-order valence-corrected chi connectivity index (χ1v) is 4.39. The van der Waals surface area contributed by atoms with Crippen molar-refractivity contribution in [3.8, 4) is 6.07 Å². The SMILES string of the molecule is CCOC(=O)C(C#N)(CC)NC(C)=O. The smallest absolute Gasteiger partial charge is 0.346 e. The summed E-state index contributed by atoms with van der Waals surface area (Å²) in [5.74, 6) is -1.14. The number of nitrogens with one attached hydrogen (secondary N) is 1. The highest BCUT2D eigenvalue weighted by Gasteiger charge is 2.39. The number of hydrogen-bond acceptors (Lipinski definition) is 4. The third-order valence-corrected chi connectivity index (χ3v) is 1.73. The number of ether oxygens (including phenoxy) is 1. The number of esters is 1. The minimum atomic E-state index is -1.54. The Labute approximate surface area is 83.0 Å². The van der Waals surface area contributed by atoms with E-state index in [-0.39, 0.29) is 13.0 Å². The van der Waals surface area contributed by atoms with Crippen LogP contribution >= 0.6 is 0 Å². The quantitative estimate of drug-likeness (QED) is 0.661. The van der Waals surface area contributed by atoms with Crippen LogP contribution in [0.5, 0.6) is 0 Å². The summed E-state index contributed by atoms with van der Waals surface area (Å²) in [6.45, 7) is 4.71. The Balaban J connectivity index is 4.79. The highest BCUT2D eigenvalue weighted by Crippen LogP contribution is 2.11. The number of hydrogen-bond donors (Lipinski definition) is 1. The van der Waals surface area contributed by atoms with Gasteiger partial charge in [-0.2, -0.15) is 5.26 Å². The predicted molar refractivity (Wildman–Crippen MR) is 49.1 cm³/mol. The van der Waals surface area contributed by atoms with Crippen molar-refractivity contribution in [3.63, 3.8) is 0 Å². The van der Waals surface area contributed by atoms with E-state index in [0.717, 1.165) is 0 Å². The van der Waals surface area contributed by atoms with Crippen LogP contribution in [0.15, 0.2) is 0 Å². The molecule has 14 heavy (non-hydrogen) atoms. The summed E-state index contributed by atoms with van der Waals surface area (Å²) < 4.78 is 4.71.